The lowest BCUT2D eigenvalue weighted by Gasteiger charge is -1.98. The van der Waals surface area contributed by atoms with Crippen LogP contribution in [0.4, 0.5) is 0 Å². The Labute approximate surface area is 84.3 Å². The van der Waals surface area contributed by atoms with Crippen LogP contribution < -0.4 is 5.32 Å². The normalized spacial score (nSPS) is 10.1. The van der Waals surface area contributed by atoms with Crippen LogP contribution in [0.25, 0.3) is 0 Å². The Morgan fingerprint density at radius 1 is 1.36 bits per heavy atom. The van der Waals surface area contributed by atoms with Crippen LogP contribution in [-0.2, 0) is 14.3 Å². The maximum absolute atomic E-state index is 10.9. The number of rotatable bonds is 6. The molecule has 1 N–H and O–H groups in total. The molecule has 14 heavy (non-hydrogen) atoms. The number of ether oxygens (including phenoxy) is 1. The van der Waals surface area contributed by atoms with Gasteiger partial charge in [-0.3, -0.25) is 9.59 Å². The third kappa shape index (κ3) is 7.34. The lowest BCUT2D eigenvalue weighted by molar-refractivity contribution is -0.143. The van der Waals surface area contributed by atoms with E-state index in [0.29, 0.717) is 25.9 Å². The van der Waals surface area contributed by atoms with Gasteiger partial charge in [0.1, 0.15) is 0 Å². The van der Waals surface area contributed by atoms with Crippen molar-refractivity contribution in [3.63, 3.8) is 0 Å². The zero-order valence-electron chi connectivity index (χ0n) is 8.71. The van der Waals surface area contributed by atoms with Gasteiger partial charge in [0.05, 0.1) is 6.61 Å². The van der Waals surface area contributed by atoms with Crippen LogP contribution in [0.5, 0.6) is 0 Å². The minimum absolute atomic E-state index is 0.0302. The molecule has 0 saturated carbocycles. The third-order valence-electron chi connectivity index (χ3n) is 1.50. The summed E-state index contributed by atoms with van der Waals surface area (Å²) in [6.45, 7) is 3.96. The number of hydrogen-bond acceptors (Lipinski definition) is 3. The fourth-order valence-electron chi connectivity index (χ4n) is 0.772. The second kappa shape index (κ2) is 8.29. The van der Waals surface area contributed by atoms with Gasteiger partial charge in [0.15, 0.2) is 0 Å². The molecule has 0 aromatic rings. The quantitative estimate of drug-likeness (QED) is 0.657. The number of amides is 1. The Morgan fingerprint density at radius 2 is 2.07 bits per heavy atom. The molecule has 0 bridgehead atoms. The number of carbonyl (C=O) groups excluding carboxylic acids is 2. The summed E-state index contributed by atoms with van der Waals surface area (Å²) in [5, 5.41) is 2.57. The second-order valence-corrected chi connectivity index (χ2v) is 2.67. The molecule has 0 aliphatic carbocycles. The Morgan fingerprint density at radius 3 is 2.64 bits per heavy atom. The third-order valence-corrected chi connectivity index (χ3v) is 1.50. The fraction of sp³-hybridized carbons (Fsp3) is 0.600. The van der Waals surface area contributed by atoms with Crippen molar-refractivity contribution in [2.75, 3.05) is 6.61 Å². The highest BCUT2D eigenvalue weighted by molar-refractivity contribution is 5.76. The zero-order chi connectivity index (χ0) is 10.8. The van der Waals surface area contributed by atoms with Gasteiger partial charge in [0.25, 0.3) is 0 Å². The average molecular weight is 199 g/mol. The van der Waals surface area contributed by atoms with E-state index >= 15 is 0 Å². The van der Waals surface area contributed by atoms with E-state index in [4.69, 9.17) is 4.74 Å². The van der Waals surface area contributed by atoms with Crippen molar-refractivity contribution in [1.82, 2.24) is 5.32 Å². The molecule has 0 unspecified atom stereocenters. The molecule has 0 aliphatic heterocycles. The van der Waals surface area contributed by atoms with E-state index in [-0.39, 0.29) is 11.9 Å². The van der Waals surface area contributed by atoms with E-state index in [0.717, 1.165) is 0 Å². The molecule has 0 fully saturated rings. The van der Waals surface area contributed by atoms with Crippen molar-refractivity contribution in [2.45, 2.75) is 33.1 Å². The summed E-state index contributed by atoms with van der Waals surface area (Å²) >= 11 is 0. The predicted molar refractivity (Wildman–Crippen MR) is 53.4 cm³/mol. The lowest BCUT2D eigenvalue weighted by atomic mass is 10.3. The van der Waals surface area contributed by atoms with Crippen LogP contribution in [0.2, 0.25) is 0 Å². The number of nitrogens with one attached hydrogen (secondary N) is 1. The predicted octanol–water partition coefficient (Wildman–Crippen LogP) is 1.37. The van der Waals surface area contributed by atoms with Crippen LogP contribution in [0.3, 0.4) is 0 Å². The average Bonchev–Trinajstić information content (AvgIpc) is 2.17. The molecule has 0 heterocycles. The first-order valence-electron chi connectivity index (χ1n) is 4.80. The molecule has 80 valence electrons. The Hall–Kier alpha value is -1.32. The SMILES string of the molecule is CCOC(=O)CC/C=C/NC(=O)CC. The van der Waals surface area contributed by atoms with Crippen molar-refractivity contribution < 1.29 is 14.3 Å². The summed E-state index contributed by atoms with van der Waals surface area (Å²) in [6, 6.07) is 0. The molecule has 0 aliphatic rings. The molecule has 0 aromatic carbocycles. The first-order chi connectivity index (χ1) is 6.70. The first-order valence-corrected chi connectivity index (χ1v) is 4.80. The summed E-state index contributed by atoms with van der Waals surface area (Å²) in [6.07, 6.45) is 4.70. The topological polar surface area (TPSA) is 55.4 Å². The van der Waals surface area contributed by atoms with Gasteiger partial charge in [-0.25, -0.2) is 0 Å². The standard InChI is InChI=1S/C10H17NO3/c1-3-9(12)11-8-6-5-7-10(13)14-4-2/h6,8H,3-5,7H2,1-2H3,(H,11,12)/b8-6+. The molecule has 4 heteroatoms. The van der Waals surface area contributed by atoms with Gasteiger partial charge in [0.2, 0.25) is 5.91 Å². The smallest absolute Gasteiger partial charge is 0.306 e. The van der Waals surface area contributed by atoms with Crippen LogP contribution in [-0.4, -0.2) is 18.5 Å². The van der Waals surface area contributed by atoms with Gasteiger partial charge in [-0.2, -0.15) is 0 Å². The van der Waals surface area contributed by atoms with Crippen LogP contribution in [0, 0.1) is 0 Å². The molecular weight excluding hydrogens is 182 g/mol. The van der Waals surface area contributed by atoms with E-state index in [1.165, 1.54) is 0 Å². The summed E-state index contributed by atoms with van der Waals surface area (Å²) in [5.41, 5.74) is 0. The van der Waals surface area contributed by atoms with Crippen molar-refractivity contribution in [2.24, 2.45) is 0 Å². The molecule has 0 atom stereocenters. The molecule has 0 aromatic heterocycles. The van der Waals surface area contributed by atoms with E-state index in [2.05, 4.69) is 5.32 Å². The number of esters is 1. The first kappa shape index (κ1) is 12.7. The monoisotopic (exact) mass is 199 g/mol. The van der Waals surface area contributed by atoms with Crippen molar-refractivity contribution >= 4 is 11.9 Å². The number of carbonyl (C=O) groups is 2. The molecule has 0 rings (SSSR count). The zero-order valence-corrected chi connectivity index (χ0v) is 8.71. The second-order valence-electron chi connectivity index (χ2n) is 2.67. The molecule has 0 radical (unpaired) electrons. The lowest BCUT2D eigenvalue weighted by Crippen LogP contribution is -2.14. The highest BCUT2D eigenvalue weighted by atomic mass is 16.5. The fourth-order valence-corrected chi connectivity index (χ4v) is 0.772. The molecule has 4 nitrogen and oxygen atoms in total. The highest BCUT2D eigenvalue weighted by Crippen LogP contribution is 1.93. The van der Waals surface area contributed by atoms with Crippen molar-refractivity contribution in [1.29, 1.82) is 0 Å². The molecule has 0 saturated heterocycles. The van der Waals surface area contributed by atoms with Gasteiger partial charge >= 0.3 is 5.97 Å². The minimum atomic E-state index is -0.209. The molecule has 0 spiro atoms. The van der Waals surface area contributed by atoms with E-state index in [1.807, 2.05) is 0 Å². The molecule has 1 amide bonds. The summed E-state index contributed by atoms with van der Waals surface area (Å²) < 4.78 is 4.73. The van der Waals surface area contributed by atoms with Crippen molar-refractivity contribution in [3.05, 3.63) is 12.3 Å². The van der Waals surface area contributed by atoms with Gasteiger partial charge in [-0.15, -0.1) is 0 Å². The summed E-state index contributed by atoms with van der Waals surface area (Å²) in [4.78, 5) is 21.6. The van der Waals surface area contributed by atoms with Gasteiger partial charge in [-0.1, -0.05) is 13.0 Å². The Bertz CT molecular complexity index is 211. The summed E-state index contributed by atoms with van der Waals surface area (Å²) in [7, 11) is 0. The Kier molecular flexibility index (Phi) is 7.50. The van der Waals surface area contributed by atoms with E-state index in [1.54, 1.807) is 26.1 Å². The van der Waals surface area contributed by atoms with Crippen LogP contribution >= 0.6 is 0 Å². The maximum Gasteiger partial charge on any atom is 0.306 e. The number of hydrogen-bond donors (Lipinski definition) is 1. The maximum atomic E-state index is 10.9. The van der Waals surface area contributed by atoms with Gasteiger partial charge in [-0.05, 0) is 19.5 Å². The summed E-state index contributed by atoms with van der Waals surface area (Å²) in [5.74, 6) is -0.239. The molecular formula is C10H17NO3. The van der Waals surface area contributed by atoms with Crippen molar-refractivity contribution in [3.8, 4) is 0 Å². The van der Waals surface area contributed by atoms with Gasteiger partial charge in [0, 0.05) is 12.8 Å². The minimum Gasteiger partial charge on any atom is -0.466 e. The van der Waals surface area contributed by atoms with Gasteiger partial charge < -0.3 is 10.1 Å². The van der Waals surface area contributed by atoms with E-state index < -0.39 is 0 Å². The van der Waals surface area contributed by atoms with Crippen LogP contribution in [0.1, 0.15) is 33.1 Å². The van der Waals surface area contributed by atoms with Crippen LogP contribution in [0.15, 0.2) is 12.3 Å². The largest absolute Gasteiger partial charge is 0.466 e. The van der Waals surface area contributed by atoms with E-state index in [9.17, 15) is 9.59 Å². The number of allylic oxidation sites excluding steroid dienone is 1. The highest BCUT2D eigenvalue weighted by Gasteiger charge is 1.97. The Balaban J connectivity index is 3.44.